The third kappa shape index (κ3) is 5.03. The summed E-state index contributed by atoms with van der Waals surface area (Å²) in [6.45, 7) is 7.35. The fourth-order valence-electron chi connectivity index (χ4n) is 4.32. The lowest BCUT2D eigenvalue weighted by Gasteiger charge is -2.25. The van der Waals surface area contributed by atoms with Crippen LogP contribution >= 0.6 is 23.1 Å². The van der Waals surface area contributed by atoms with Crippen LogP contribution in [-0.2, 0) is 22.5 Å². The second-order valence-corrected chi connectivity index (χ2v) is 10.6. The van der Waals surface area contributed by atoms with E-state index in [1.165, 1.54) is 11.8 Å². The van der Waals surface area contributed by atoms with E-state index < -0.39 is 0 Å². The molecule has 3 aromatic rings. The molecular formula is C25H31N3O3S2. The van der Waals surface area contributed by atoms with Gasteiger partial charge in [0.2, 0.25) is 5.91 Å². The second-order valence-electron chi connectivity index (χ2n) is 8.50. The van der Waals surface area contributed by atoms with Crippen LogP contribution in [0.4, 0.5) is 0 Å². The Hall–Kier alpha value is -2.16. The van der Waals surface area contributed by atoms with E-state index in [1.807, 2.05) is 51.2 Å². The summed E-state index contributed by atoms with van der Waals surface area (Å²) >= 11 is 2.90. The number of nitrogens with zero attached hydrogens (tertiary/aromatic N) is 3. The Balaban J connectivity index is 1.60. The second kappa shape index (κ2) is 10.4. The number of hydrogen-bond donors (Lipinski definition) is 0. The number of ether oxygens (including phenoxy) is 1. The largest absolute Gasteiger partial charge is 0.376 e. The van der Waals surface area contributed by atoms with Crippen molar-refractivity contribution in [2.45, 2.75) is 63.9 Å². The predicted octanol–water partition coefficient (Wildman–Crippen LogP) is 4.82. The van der Waals surface area contributed by atoms with Crippen molar-refractivity contribution in [2.24, 2.45) is 0 Å². The fourth-order valence-corrected chi connectivity index (χ4v) is 6.41. The summed E-state index contributed by atoms with van der Waals surface area (Å²) in [5.41, 5.74) is 2.16. The molecule has 33 heavy (non-hydrogen) atoms. The topological polar surface area (TPSA) is 64.4 Å². The molecule has 1 fully saturated rings. The van der Waals surface area contributed by atoms with E-state index in [0.717, 1.165) is 52.1 Å². The van der Waals surface area contributed by atoms with Crippen LogP contribution in [0.5, 0.6) is 0 Å². The average Bonchev–Trinajstić information content (AvgIpc) is 3.45. The van der Waals surface area contributed by atoms with E-state index in [9.17, 15) is 9.59 Å². The normalized spacial score (nSPS) is 16.9. The lowest BCUT2D eigenvalue weighted by atomic mass is 10.1. The first-order valence-electron chi connectivity index (χ1n) is 11.5. The van der Waals surface area contributed by atoms with Crippen molar-refractivity contribution in [1.29, 1.82) is 0 Å². The summed E-state index contributed by atoms with van der Waals surface area (Å²) in [6, 6.07) is 9.96. The molecule has 176 valence electrons. The molecule has 0 unspecified atom stereocenters. The predicted molar refractivity (Wildman–Crippen MR) is 135 cm³/mol. The van der Waals surface area contributed by atoms with Gasteiger partial charge in [-0.05, 0) is 44.2 Å². The van der Waals surface area contributed by atoms with E-state index in [0.29, 0.717) is 11.7 Å². The van der Waals surface area contributed by atoms with Gasteiger partial charge in [-0.3, -0.25) is 14.2 Å². The minimum Gasteiger partial charge on any atom is -0.376 e. The number of benzene rings is 1. The molecule has 2 aromatic heterocycles. The summed E-state index contributed by atoms with van der Waals surface area (Å²) in [7, 11) is 1.83. The van der Waals surface area contributed by atoms with Crippen LogP contribution in [0.2, 0.25) is 0 Å². The van der Waals surface area contributed by atoms with E-state index in [-0.39, 0.29) is 29.4 Å². The van der Waals surface area contributed by atoms with Crippen LogP contribution in [0.1, 0.15) is 48.7 Å². The van der Waals surface area contributed by atoms with Crippen LogP contribution in [0, 0.1) is 6.92 Å². The van der Waals surface area contributed by atoms with Gasteiger partial charge in [-0.2, -0.15) is 0 Å². The highest BCUT2D eigenvalue weighted by Gasteiger charge is 2.24. The molecule has 1 aromatic carbocycles. The molecule has 0 bridgehead atoms. The third-order valence-corrected chi connectivity index (χ3v) is 8.42. The average molecular weight is 486 g/mol. The zero-order chi connectivity index (χ0) is 23.5. The maximum Gasteiger partial charge on any atom is 0.263 e. The Morgan fingerprint density at radius 2 is 2.12 bits per heavy atom. The molecule has 4 rings (SSSR count). The van der Waals surface area contributed by atoms with Crippen LogP contribution in [0.15, 0.2) is 40.3 Å². The summed E-state index contributed by atoms with van der Waals surface area (Å²) < 4.78 is 7.55. The highest BCUT2D eigenvalue weighted by Crippen LogP contribution is 2.30. The third-order valence-electron chi connectivity index (χ3n) is 6.42. The molecule has 6 nitrogen and oxygen atoms in total. The van der Waals surface area contributed by atoms with Gasteiger partial charge in [-0.1, -0.05) is 49.0 Å². The summed E-state index contributed by atoms with van der Waals surface area (Å²) in [5.74, 6) is 0.230. The van der Waals surface area contributed by atoms with Crippen molar-refractivity contribution in [3.8, 4) is 0 Å². The van der Waals surface area contributed by atoms with Gasteiger partial charge in [0.1, 0.15) is 4.83 Å². The lowest BCUT2D eigenvalue weighted by molar-refractivity contribution is -0.128. The molecule has 2 atom stereocenters. The number of amides is 1. The van der Waals surface area contributed by atoms with E-state index in [2.05, 4.69) is 6.92 Å². The van der Waals surface area contributed by atoms with Crippen molar-refractivity contribution < 1.29 is 9.53 Å². The van der Waals surface area contributed by atoms with Crippen LogP contribution in [0.25, 0.3) is 10.2 Å². The van der Waals surface area contributed by atoms with Crippen molar-refractivity contribution in [2.75, 3.05) is 19.4 Å². The lowest BCUT2D eigenvalue weighted by Crippen LogP contribution is -2.32. The summed E-state index contributed by atoms with van der Waals surface area (Å²) in [4.78, 5) is 35.1. The number of thioether (sulfide) groups is 1. The molecule has 0 aliphatic carbocycles. The minimum atomic E-state index is -0.0316. The molecule has 3 heterocycles. The molecule has 0 saturated carbocycles. The Morgan fingerprint density at radius 1 is 1.36 bits per heavy atom. The van der Waals surface area contributed by atoms with E-state index in [4.69, 9.17) is 9.72 Å². The van der Waals surface area contributed by atoms with Crippen LogP contribution < -0.4 is 5.56 Å². The Kier molecular flexibility index (Phi) is 7.56. The highest BCUT2D eigenvalue weighted by atomic mass is 32.2. The van der Waals surface area contributed by atoms with Gasteiger partial charge in [0.25, 0.3) is 5.56 Å². The smallest absolute Gasteiger partial charge is 0.263 e. The number of carbonyl (C=O) groups excluding carboxylic acids is 1. The number of aromatic nitrogens is 2. The van der Waals surface area contributed by atoms with Gasteiger partial charge in [-0.15, -0.1) is 11.3 Å². The number of fused-ring (bicyclic) bond motifs is 1. The zero-order valence-electron chi connectivity index (χ0n) is 19.7. The van der Waals surface area contributed by atoms with Gasteiger partial charge >= 0.3 is 0 Å². The Bertz CT molecular complexity index is 1180. The molecule has 8 heteroatoms. The number of carbonyl (C=O) groups is 1. The molecule has 1 amide bonds. The maximum absolute atomic E-state index is 13.6. The van der Waals surface area contributed by atoms with Gasteiger partial charge in [-0.25, -0.2) is 4.98 Å². The molecule has 0 N–H and O–H groups in total. The first kappa shape index (κ1) is 24.0. The molecule has 1 saturated heterocycles. The number of rotatable bonds is 8. The van der Waals surface area contributed by atoms with Crippen molar-refractivity contribution in [1.82, 2.24) is 14.5 Å². The highest BCUT2D eigenvalue weighted by molar-refractivity contribution is 7.99. The Morgan fingerprint density at radius 3 is 2.79 bits per heavy atom. The van der Waals surface area contributed by atoms with Crippen LogP contribution in [-0.4, -0.2) is 45.9 Å². The number of aryl methyl sites for hydroxylation is 2. The van der Waals surface area contributed by atoms with Gasteiger partial charge in [0.05, 0.1) is 29.8 Å². The molecule has 0 spiro atoms. The number of hydrogen-bond acceptors (Lipinski definition) is 6. The van der Waals surface area contributed by atoms with E-state index in [1.54, 1.807) is 20.8 Å². The minimum absolute atomic E-state index is 0.00553. The maximum atomic E-state index is 13.6. The fraction of sp³-hybridized carbons (Fsp3) is 0.480. The quantitative estimate of drug-likeness (QED) is 0.338. The standard InChI is InChI=1S/C25H31N3O3S2/c1-5-20-17(3)33-23-22(20)24(30)28(14-19-12-9-13-31-19)25(26-23)32-15-21(29)27(4)16(2)18-10-7-6-8-11-18/h6-8,10-11,16,19H,5,9,12-15H2,1-4H3/t16-,19-/m0/s1. The van der Waals surface area contributed by atoms with Crippen molar-refractivity contribution in [3.63, 3.8) is 0 Å². The SMILES string of the molecule is CCc1c(C)sc2nc(SCC(=O)N(C)[C@@H](C)c3ccccc3)n(C[C@@H]3CCCO3)c(=O)c12. The first-order chi connectivity index (χ1) is 15.9. The molecule has 0 radical (unpaired) electrons. The summed E-state index contributed by atoms with van der Waals surface area (Å²) in [6.07, 6.45) is 2.77. The first-order valence-corrected chi connectivity index (χ1v) is 13.3. The van der Waals surface area contributed by atoms with Gasteiger partial charge in [0.15, 0.2) is 5.16 Å². The Labute approximate surface area is 203 Å². The summed E-state index contributed by atoms with van der Waals surface area (Å²) in [5, 5.41) is 1.32. The number of thiophene rings is 1. The van der Waals surface area contributed by atoms with Crippen LogP contribution in [0.3, 0.4) is 0 Å². The van der Waals surface area contributed by atoms with E-state index >= 15 is 0 Å². The molecule has 1 aliphatic rings. The monoisotopic (exact) mass is 485 g/mol. The van der Waals surface area contributed by atoms with Crippen molar-refractivity contribution in [3.05, 3.63) is 56.7 Å². The zero-order valence-corrected chi connectivity index (χ0v) is 21.3. The molecular weight excluding hydrogens is 454 g/mol. The van der Waals surface area contributed by atoms with Gasteiger partial charge < -0.3 is 9.64 Å². The molecule has 1 aliphatic heterocycles. The van der Waals surface area contributed by atoms with Crippen molar-refractivity contribution >= 4 is 39.2 Å². The van der Waals surface area contributed by atoms with Gasteiger partial charge in [0, 0.05) is 18.5 Å².